The number of amidine groups is 1. The summed E-state index contributed by atoms with van der Waals surface area (Å²) in [5.41, 5.74) is 24.1. The molecular formula is C77H65ClF8N20O3. The zero-order chi connectivity index (χ0) is 76.5. The summed E-state index contributed by atoms with van der Waals surface area (Å²) < 4.78 is 121. The molecule has 13 N–H and O–H groups in total. The third kappa shape index (κ3) is 18.3. The lowest BCUT2D eigenvalue weighted by molar-refractivity contribution is -0.117. The molecule has 8 aromatic carbocycles. The smallest absolute Gasteiger partial charge is 0.250 e. The predicted octanol–water partition coefficient (Wildman–Crippen LogP) is 15.8. The minimum atomic E-state index is -0.572. The zero-order valence-corrected chi connectivity index (χ0v) is 59.0. The molecule has 0 bridgehead atoms. The fourth-order valence-electron chi connectivity index (χ4n) is 10.6. The Morgan fingerprint density at radius 3 is 1.45 bits per heavy atom. The molecule has 15 rings (SSSR count). The van der Waals surface area contributed by atoms with Gasteiger partial charge in [0.15, 0.2) is 17.5 Å². The van der Waals surface area contributed by atoms with Crippen LogP contribution in [0.3, 0.4) is 0 Å². The fraction of sp³-hybridized carbons (Fsp3) is 0.117. The van der Waals surface area contributed by atoms with Crippen molar-refractivity contribution >= 4 is 116 Å². The quantitative estimate of drug-likeness (QED) is 0.0217. The lowest BCUT2D eigenvalue weighted by Crippen LogP contribution is -2.33. The molecular weight excluding hydrogens is 1440 g/mol. The number of nitrogens with two attached hydrogens (primary N) is 3. The van der Waals surface area contributed by atoms with Gasteiger partial charge in [0.25, 0.3) is 5.89 Å². The molecule has 23 nitrogen and oxygen atoms in total. The highest BCUT2D eigenvalue weighted by atomic mass is 35.5. The van der Waals surface area contributed by atoms with Crippen molar-refractivity contribution in [1.29, 1.82) is 5.41 Å². The zero-order valence-electron chi connectivity index (χ0n) is 58.2. The molecule has 15 aromatic rings. The first kappa shape index (κ1) is 76.7. The highest BCUT2D eigenvalue weighted by molar-refractivity contribution is 6.01. The highest BCUT2D eigenvalue weighted by Gasteiger charge is 2.27. The fourth-order valence-corrected chi connectivity index (χ4v) is 10.6. The monoisotopic (exact) mass is 1500 g/mol. The van der Waals surface area contributed by atoms with E-state index in [-0.39, 0.29) is 93.6 Å². The summed E-state index contributed by atoms with van der Waals surface area (Å²) in [7, 11) is 1.78. The number of H-pyrrole nitrogens is 5. The molecule has 0 saturated carbocycles. The number of halogens is 9. The number of carbonyl (C=O) groups excluding carboxylic acids is 1. The molecule has 7 aromatic heterocycles. The van der Waals surface area contributed by atoms with Crippen LogP contribution >= 0.6 is 12.4 Å². The van der Waals surface area contributed by atoms with E-state index in [1.165, 1.54) is 78.9 Å². The Hall–Kier alpha value is -13.4. The lowest BCUT2D eigenvalue weighted by atomic mass is 10.1. The van der Waals surface area contributed by atoms with E-state index in [2.05, 4.69) is 81.7 Å². The molecule has 0 unspecified atom stereocenters. The Bertz CT molecular complexity index is 5880. The molecule has 1 amide bonds. The lowest BCUT2D eigenvalue weighted by Gasteiger charge is -2.18. The molecule has 0 aliphatic heterocycles. The van der Waals surface area contributed by atoms with Crippen LogP contribution in [0.1, 0.15) is 102 Å². The maximum Gasteiger partial charge on any atom is 0.250 e. The largest absolute Gasteiger partial charge is 0.419 e. The summed E-state index contributed by atoms with van der Waals surface area (Å²) in [6, 6.07) is 35.4. The minimum Gasteiger partial charge on any atom is -0.419 e. The maximum absolute atomic E-state index is 14.6. The first-order valence-electron chi connectivity index (χ1n) is 33.0. The number of benzene rings is 8. The Balaban J connectivity index is 0.000000145. The molecule has 109 heavy (non-hydrogen) atoms. The van der Waals surface area contributed by atoms with Crippen molar-refractivity contribution in [2.45, 2.75) is 45.7 Å². The molecule has 32 heteroatoms. The Morgan fingerprint density at radius 1 is 0.514 bits per heavy atom. The average Bonchev–Trinajstić information content (AvgIpc) is 1.67. The molecule has 554 valence electrons. The molecule has 0 aliphatic carbocycles. The summed E-state index contributed by atoms with van der Waals surface area (Å²) in [4.78, 5) is 15.2. The summed E-state index contributed by atoms with van der Waals surface area (Å²) in [6.45, 7) is 7.67. The van der Waals surface area contributed by atoms with Crippen LogP contribution < -0.4 is 22.5 Å². The van der Waals surface area contributed by atoms with Gasteiger partial charge in [0.1, 0.15) is 57.6 Å². The maximum atomic E-state index is 14.6. The van der Waals surface area contributed by atoms with Crippen LogP contribution in [0.2, 0.25) is 0 Å². The standard InChI is InChI=1S/2C21H19F2N5O.C19H14F2N6O.C16H12F2N4.ClH/c1-21(2,24-3)20-28-27-19(29-20)14-10-15-17(25-26-18(15)11-16(14)23)9-6-12-4-7-13(22)8-5-12;1-11(2)18(24)21-28-27-20(29-21)13-9-15-17(25-26-19(15)16(23)10-13)8-5-12-3-6-14(22)7-4-12;20-12-4-1-10(2-5-12)3-6-15-13-7-11(8-14(21)18(13)26-24-15)19-23-17(25-27-19)9-16(22)28;17-10-4-1-9(2-5-10)3-6-14-12-7-11(16(19)20)13(18)8-15(12)22-21-14;/h4-11,24H,1-3H3,(H,25,26);3-11,18H,24H2,1-2H3,(H,25,26);1-8H,9H2,(H2,22,28)(H,24,26)(H,23,25,27);1-8H,(H3,19,20)(H,21,22);1H/b9-6+;8-5+;2*6-3+;/t;18-;;;/m.0.../s1. The van der Waals surface area contributed by atoms with Crippen molar-refractivity contribution in [2.24, 2.45) is 23.1 Å². The van der Waals surface area contributed by atoms with Gasteiger partial charge in [-0.25, -0.2) is 40.1 Å². The number of nitrogen functional groups attached to an aromatic ring is 1. The summed E-state index contributed by atoms with van der Waals surface area (Å²) in [5.74, 6) is -2.62. The Kier molecular flexibility index (Phi) is 23.5. The van der Waals surface area contributed by atoms with E-state index in [0.29, 0.717) is 84.1 Å². The number of aromatic amines is 5. The van der Waals surface area contributed by atoms with Gasteiger partial charge in [-0.2, -0.15) is 25.5 Å². The van der Waals surface area contributed by atoms with Crippen LogP contribution in [-0.4, -0.2) is 95.2 Å². The second kappa shape index (κ2) is 33.4. The SMILES string of the molecule is CC(C)[C@H](N)c1nnc(-c2cc(F)c3n[nH]c(/C=C/c4ccc(F)cc4)c3c2)o1.CNC(C)(C)c1nnc(-c2cc3c(/C=C/c4ccc(F)cc4)n[nH]c3cc2F)o1.Cl.N=C(N)c1cc2c(/C=C/c3ccc(F)cc3)n[nH]c2cc1F.NC(=O)Cc1nc(-c2cc(F)c3n[nH]c(/C=C/c4ccc(F)cc4)c3c2)n[nH]1. The van der Waals surface area contributed by atoms with E-state index < -0.39 is 40.8 Å². The number of rotatable bonds is 18. The molecule has 0 aliphatic rings. The molecule has 1 atom stereocenters. The summed E-state index contributed by atoms with van der Waals surface area (Å²) in [6.07, 6.45) is 14.0. The minimum absolute atomic E-state index is 0. The number of amides is 1. The normalized spacial score (nSPS) is 12.0. The second-order valence-electron chi connectivity index (χ2n) is 25.2. The highest BCUT2D eigenvalue weighted by Crippen LogP contribution is 2.34. The second-order valence-corrected chi connectivity index (χ2v) is 25.2. The van der Waals surface area contributed by atoms with Crippen molar-refractivity contribution in [3.63, 3.8) is 0 Å². The topological polar surface area (TPSA) is 365 Å². The Morgan fingerprint density at radius 2 is 0.972 bits per heavy atom. The number of nitrogens with one attached hydrogen (secondary N) is 7. The van der Waals surface area contributed by atoms with Crippen LogP contribution in [0.25, 0.3) is 127 Å². The van der Waals surface area contributed by atoms with Crippen LogP contribution in [0.15, 0.2) is 154 Å². The Labute approximate surface area is 619 Å². The van der Waals surface area contributed by atoms with Gasteiger partial charge < -0.3 is 31.4 Å². The van der Waals surface area contributed by atoms with Crippen LogP contribution in [-0.2, 0) is 16.8 Å². The molecule has 0 fully saturated rings. The number of nitrogens with zero attached hydrogens (tertiary/aromatic N) is 10. The van der Waals surface area contributed by atoms with Gasteiger partial charge in [-0.15, -0.1) is 32.8 Å². The number of hydrogen-bond donors (Lipinski definition) is 10. The van der Waals surface area contributed by atoms with E-state index in [0.717, 1.165) is 22.3 Å². The number of carbonyl (C=O) groups is 1. The van der Waals surface area contributed by atoms with Crippen molar-refractivity contribution in [1.82, 2.24) is 81.7 Å². The summed E-state index contributed by atoms with van der Waals surface area (Å²) in [5, 5.41) is 63.1. The van der Waals surface area contributed by atoms with E-state index >= 15 is 0 Å². The van der Waals surface area contributed by atoms with E-state index in [1.54, 1.807) is 122 Å². The van der Waals surface area contributed by atoms with Gasteiger partial charge in [0.2, 0.25) is 23.6 Å². The first-order valence-corrected chi connectivity index (χ1v) is 33.0. The number of hydrogen-bond acceptors (Lipinski definition) is 16. The van der Waals surface area contributed by atoms with Crippen molar-refractivity contribution < 1.29 is 48.8 Å². The van der Waals surface area contributed by atoms with E-state index in [4.69, 9.17) is 31.4 Å². The number of primary amides is 1. The predicted molar refractivity (Wildman–Crippen MR) is 402 cm³/mol. The molecule has 0 radical (unpaired) electrons. The van der Waals surface area contributed by atoms with Gasteiger partial charge in [0, 0.05) is 44.8 Å². The van der Waals surface area contributed by atoms with Crippen LogP contribution in [0.4, 0.5) is 35.1 Å². The van der Waals surface area contributed by atoms with Gasteiger partial charge in [-0.1, -0.05) is 86.7 Å². The van der Waals surface area contributed by atoms with Crippen molar-refractivity contribution in [3.8, 4) is 34.3 Å². The van der Waals surface area contributed by atoms with Crippen molar-refractivity contribution in [2.75, 3.05) is 7.05 Å². The molecule has 7 heterocycles. The summed E-state index contributed by atoms with van der Waals surface area (Å²) >= 11 is 0. The first-order chi connectivity index (χ1) is 51.8. The van der Waals surface area contributed by atoms with Crippen molar-refractivity contribution in [3.05, 3.63) is 260 Å². The van der Waals surface area contributed by atoms with Crippen LogP contribution in [0, 0.1) is 57.9 Å². The number of aromatic nitrogens is 15. The van der Waals surface area contributed by atoms with E-state index in [1.807, 2.05) is 27.7 Å². The number of fused-ring (bicyclic) bond motifs is 4. The third-order valence-electron chi connectivity index (χ3n) is 16.8. The molecule has 0 saturated heterocycles. The average molecular weight is 1510 g/mol. The third-order valence-corrected chi connectivity index (χ3v) is 16.8. The van der Waals surface area contributed by atoms with Gasteiger partial charge in [0.05, 0.1) is 62.9 Å². The van der Waals surface area contributed by atoms with Gasteiger partial charge in [-0.3, -0.25) is 35.7 Å². The van der Waals surface area contributed by atoms with E-state index in [9.17, 15) is 39.9 Å². The van der Waals surface area contributed by atoms with Gasteiger partial charge in [-0.05, 0) is 158 Å². The van der Waals surface area contributed by atoms with Gasteiger partial charge >= 0.3 is 0 Å². The molecule has 0 spiro atoms. The van der Waals surface area contributed by atoms with Crippen LogP contribution in [0.5, 0.6) is 0 Å².